The van der Waals surface area contributed by atoms with Crippen LogP contribution in [0.15, 0.2) is 0 Å². The highest BCUT2D eigenvalue weighted by Gasteiger charge is 2.31. The van der Waals surface area contributed by atoms with Gasteiger partial charge in [-0.05, 0) is 47.5 Å². The molecular weight excluding hydrogens is 216 g/mol. The van der Waals surface area contributed by atoms with Gasteiger partial charge in [0.1, 0.15) is 0 Å². The molecule has 1 heterocycles. The van der Waals surface area contributed by atoms with Crippen molar-refractivity contribution < 1.29 is 9.53 Å². The first-order chi connectivity index (χ1) is 7.68. The number of carbonyl (C=O) groups excluding carboxylic acids is 1. The number of hydrogen-bond acceptors (Lipinski definition) is 3. The Morgan fingerprint density at radius 1 is 1.41 bits per heavy atom. The van der Waals surface area contributed by atoms with Crippen molar-refractivity contribution in [3.8, 4) is 0 Å². The maximum atomic E-state index is 11.5. The second-order valence-corrected chi connectivity index (χ2v) is 6.47. The maximum Gasteiger partial charge on any atom is 0.234 e. The lowest BCUT2D eigenvalue weighted by Crippen LogP contribution is -2.45. The van der Waals surface area contributed by atoms with Crippen molar-refractivity contribution in [2.75, 3.05) is 13.1 Å². The van der Waals surface area contributed by atoms with Crippen LogP contribution < -0.4 is 10.6 Å². The number of rotatable bonds is 4. The van der Waals surface area contributed by atoms with Gasteiger partial charge in [0.25, 0.3) is 0 Å². The van der Waals surface area contributed by atoms with Gasteiger partial charge in [0.15, 0.2) is 0 Å². The van der Waals surface area contributed by atoms with Crippen LogP contribution in [0.2, 0.25) is 0 Å². The van der Waals surface area contributed by atoms with E-state index in [-0.39, 0.29) is 23.2 Å². The molecule has 0 aromatic carbocycles. The fourth-order valence-corrected chi connectivity index (χ4v) is 2.03. The van der Waals surface area contributed by atoms with E-state index in [0.29, 0.717) is 6.54 Å². The molecule has 100 valence electrons. The highest BCUT2D eigenvalue weighted by Crippen LogP contribution is 2.28. The lowest BCUT2D eigenvalue weighted by molar-refractivity contribution is -0.121. The molecule has 4 nitrogen and oxygen atoms in total. The first-order valence-electron chi connectivity index (χ1n) is 6.37. The van der Waals surface area contributed by atoms with Crippen LogP contribution in [0.1, 0.15) is 47.5 Å². The molecule has 2 N–H and O–H groups in total. The number of ether oxygens (including phenoxy) is 1. The minimum absolute atomic E-state index is 0.0000151. The molecule has 1 unspecified atom stereocenters. The molecule has 0 aromatic rings. The average Bonchev–Trinajstić information content (AvgIpc) is 2.42. The van der Waals surface area contributed by atoms with Gasteiger partial charge >= 0.3 is 0 Å². The molecule has 4 heteroatoms. The molecule has 0 radical (unpaired) electrons. The van der Waals surface area contributed by atoms with E-state index in [2.05, 4.69) is 24.5 Å². The summed E-state index contributed by atoms with van der Waals surface area (Å²) < 4.78 is 5.84. The lowest BCUT2D eigenvalue weighted by atomic mass is 10.1. The van der Waals surface area contributed by atoms with Gasteiger partial charge in [-0.2, -0.15) is 0 Å². The molecule has 1 aliphatic heterocycles. The summed E-state index contributed by atoms with van der Waals surface area (Å²) in [6.45, 7) is 11.3. The minimum atomic E-state index is -0.162. The second kappa shape index (κ2) is 5.36. The molecule has 0 aliphatic carbocycles. The van der Waals surface area contributed by atoms with Gasteiger partial charge in [-0.3, -0.25) is 4.79 Å². The second-order valence-electron chi connectivity index (χ2n) is 6.47. The molecule has 1 rings (SSSR count). The van der Waals surface area contributed by atoms with Gasteiger partial charge in [0, 0.05) is 12.1 Å². The van der Waals surface area contributed by atoms with Crippen molar-refractivity contribution in [1.29, 1.82) is 0 Å². The molecule has 1 amide bonds. The summed E-state index contributed by atoms with van der Waals surface area (Å²) in [4.78, 5) is 11.5. The van der Waals surface area contributed by atoms with E-state index in [4.69, 9.17) is 4.74 Å². The van der Waals surface area contributed by atoms with Crippen LogP contribution in [0.4, 0.5) is 0 Å². The van der Waals surface area contributed by atoms with Gasteiger partial charge in [-0.25, -0.2) is 0 Å². The van der Waals surface area contributed by atoms with E-state index < -0.39 is 0 Å². The Labute approximate surface area is 104 Å². The van der Waals surface area contributed by atoms with Gasteiger partial charge in [0.05, 0.1) is 18.2 Å². The van der Waals surface area contributed by atoms with Crippen LogP contribution >= 0.6 is 0 Å². The normalized spacial score (nSPS) is 23.7. The Balaban J connectivity index is 2.15. The van der Waals surface area contributed by atoms with E-state index in [1.807, 2.05) is 20.8 Å². The van der Waals surface area contributed by atoms with Gasteiger partial charge < -0.3 is 15.4 Å². The number of amides is 1. The third-order valence-electron chi connectivity index (χ3n) is 2.73. The third kappa shape index (κ3) is 6.03. The fraction of sp³-hybridized carbons (Fsp3) is 0.923. The number of carbonyl (C=O) groups is 1. The van der Waals surface area contributed by atoms with E-state index >= 15 is 0 Å². The smallest absolute Gasteiger partial charge is 0.234 e. The SMILES string of the molecule is CC(C)(C)NC(=O)CNCC1CCC(C)(C)O1. The average molecular weight is 242 g/mol. The molecule has 0 aromatic heterocycles. The summed E-state index contributed by atoms with van der Waals surface area (Å²) in [5, 5.41) is 6.07. The van der Waals surface area contributed by atoms with Crippen molar-refractivity contribution in [3.05, 3.63) is 0 Å². The molecule has 1 saturated heterocycles. The predicted octanol–water partition coefficient (Wildman–Crippen LogP) is 1.45. The molecule has 1 atom stereocenters. The summed E-state index contributed by atoms with van der Waals surface area (Å²) >= 11 is 0. The summed E-state index contributed by atoms with van der Waals surface area (Å²) in [5.41, 5.74) is -0.162. The largest absolute Gasteiger partial charge is 0.371 e. The number of hydrogen-bond donors (Lipinski definition) is 2. The van der Waals surface area contributed by atoms with E-state index in [1.54, 1.807) is 0 Å². The number of nitrogens with one attached hydrogen (secondary N) is 2. The van der Waals surface area contributed by atoms with Crippen LogP contribution in [0.25, 0.3) is 0 Å². The third-order valence-corrected chi connectivity index (χ3v) is 2.73. The minimum Gasteiger partial charge on any atom is -0.371 e. The van der Waals surface area contributed by atoms with E-state index in [0.717, 1.165) is 19.4 Å². The van der Waals surface area contributed by atoms with E-state index in [1.165, 1.54) is 0 Å². The van der Waals surface area contributed by atoms with Gasteiger partial charge in [-0.15, -0.1) is 0 Å². The first-order valence-corrected chi connectivity index (χ1v) is 6.37. The molecule has 0 bridgehead atoms. The van der Waals surface area contributed by atoms with Crippen molar-refractivity contribution in [1.82, 2.24) is 10.6 Å². The summed E-state index contributed by atoms with van der Waals surface area (Å²) in [6, 6.07) is 0. The standard InChI is InChI=1S/C13H26N2O2/c1-12(2,3)15-11(16)9-14-8-10-6-7-13(4,5)17-10/h10,14H,6-9H2,1-5H3,(H,15,16). The van der Waals surface area contributed by atoms with Crippen LogP contribution in [0.3, 0.4) is 0 Å². The molecule has 1 aliphatic rings. The zero-order valence-electron chi connectivity index (χ0n) is 11.7. The Hall–Kier alpha value is -0.610. The topological polar surface area (TPSA) is 50.4 Å². The molecule has 1 fully saturated rings. The Kier molecular flexibility index (Phi) is 4.55. The van der Waals surface area contributed by atoms with Crippen LogP contribution in [0.5, 0.6) is 0 Å². The Morgan fingerprint density at radius 2 is 2.06 bits per heavy atom. The predicted molar refractivity (Wildman–Crippen MR) is 69.0 cm³/mol. The maximum absolute atomic E-state index is 11.5. The molecule has 17 heavy (non-hydrogen) atoms. The van der Waals surface area contributed by atoms with E-state index in [9.17, 15) is 4.79 Å². The monoisotopic (exact) mass is 242 g/mol. The summed E-state index contributed by atoms with van der Waals surface area (Å²) in [5.74, 6) is 0.0368. The van der Waals surface area contributed by atoms with Crippen molar-refractivity contribution in [3.63, 3.8) is 0 Å². The highest BCUT2D eigenvalue weighted by atomic mass is 16.5. The summed E-state index contributed by atoms with van der Waals surface area (Å²) in [7, 11) is 0. The van der Waals surface area contributed by atoms with Crippen LogP contribution in [0, 0.1) is 0 Å². The van der Waals surface area contributed by atoms with Crippen molar-refractivity contribution in [2.45, 2.75) is 64.7 Å². The summed E-state index contributed by atoms with van der Waals surface area (Å²) in [6.07, 6.45) is 2.40. The zero-order chi connectivity index (χ0) is 13.1. The van der Waals surface area contributed by atoms with Crippen LogP contribution in [-0.2, 0) is 9.53 Å². The molecule has 0 spiro atoms. The Morgan fingerprint density at radius 3 is 2.53 bits per heavy atom. The van der Waals surface area contributed by atoms with Crippen molar-refractivity contribution in [2.24, 2.45) is 0 Å². The molecular formula is C13H26N2O2. The van der Waals surface area contributed by atoms with Gasteiger partial charge in [0.2, 0.25) is 5.91 Å². The zero-order valence-corrected chi connectivity index (χ0v) is 11.7. The Bertz CT molecular complexity index is 269. The fourth-order valence-electron chi connectivity index (χ4n) is 2.03. The van der Waals surface area contributed by atoms with Gasteiger partial charge in [-0.1, -0.05) is 0 Å². The van der Waals surface area contributed by atoms with Crippen LogP contribution in [-0.4, -0.2) is 36.2 Å². The molecule has 0 saturated carbocycles. The first kappa shape index (κ1) is 14.5. The van der Waals surface area contributed by atoms with Crippen molar-refractivity contribution >= 4 is 5.91 Å². The highest BCUT2D eigenvalue weighted by molar-refractivity contribution is 5.78. The lowest BCUT2D eigenvalue weighted by Gasteiger charge is -2.21. The quantitative estimate of drug-likeness (QED) is 0.784.